The second-order valence-electron chi connectivity index (χ2n) is 4.37. The fourth-order valence-corrected chi connectivity index (χ4v) is 2.07. The van der Waals surface area contributed by atoms with E-state index in [0.717, 1.165) is 5.56 Å². The molecule has 0 atom stereocenters. The second-order valence-corrected chi connectivity index (χ2v) is 4.37. The quantitative estimate of drug-likeness (QED) is 0.912. The largest absolute Gasteiger partial charge is 0.490 e. The van der Waals surface area contributed by atoms with Gasteiger partial charge >= 0.3 is 6.09 Å². The number of ether oxygens (including phenoxy) is 2. The molecular weight excluding hydrogens is 261 g/mol. The SMILES string of the molecule is O=C(Nc1cc(F)c2c(c1)CCO2)Oc1ccccc1. The summed E-state index contributed by atoms with van der Waals surface area (Å²) in [5.41, 5.74) is 1.10. The highest BCUT2D eigenvalue weighted by atomic mass is 19.1. The van der Waals surface area contributed by atoms with Gasteiger partial charge in [-0.05, 0) is 18.2 Å². The van der Waals surface area contributed by atoms with Gasteiger partial charge in [0.2, 0.25) is 0 Å². The lowest BCUT2D eigenvalue weighted by molar-refractivity contribution is 0.215. The highest BCUT2D eigenvalue weighted by Crippen LogP contribution is 2.31. The fraction of sp³-hybridized carbons (Fsp3) is 0.133. The van der Waals surface area contributed by atoms with E-state index in [1.807, 2.05) is 6.07 Å². The predicted molar refractivity (Wildman–Crippen MR) is 71.7 cm³/mol. The van der Waals surface area contributed by atoms with Crippen LogP contribution in [-0.2, 0) is 6.42 Å². The van der Waals surface area contributed by atoms with E-state index in [2.05, 4.69) is 5.32 Å². The molecule has 0 fully saturated rings. The molecule has 1 heterocycles. The first-order valence-electron chi connectivity index (χ1n) is 6.21. The van der Waals surface area contributed by atoms with Gasteiger partial charge in [0, 0.05) is 23.7 Å². The summed E-state index contributed by atoms with van der Waals surface area (Å²) in [7, 11) is 0. The van der Waals surface area contributed by atoms with Crippen molar-refractivity contribution in [2.24, 2.45) is 0 Å². The van der Waals surface area contributed by atoms with Crippen molar-refractivity contribution < 1.29 is 18.7 Å². The van der Waals surface area contributed by atoms with Crippen LogP contribution in [0.15, 0.2) is 42.5 Å². The number of carbonyl (C=O) groups is 1. The molecule has 0 saturated carbocycles. The number of hydrogen-bond donors (Lipinski definition) is 1. The van der Waals surface area contributed by atoms with Crippen LogP contribution in [0, 0.1) is 5.82 Å². The van der Waals surface area contributed by atoms with Gasteiger partial charge in [-0.3, -0.25) is 5.32 Å². The highest BCUT2D eigenvalue weighted by molar-refractivity contribution is 5.86. The van der Waals surface area contributed by atoms with Crippen molar-refractivity contribution in [2.45, 2.75) is 6.42 Å². The van der Waals surface area contributed by atoms with Gasteiger partial charge in [0.1, 0.15) is 5.75 Å². The number of anilines is 1. The Morgan fingerprint density at radius 3 is 2.85 bits per heavy atom. The van der Waals surface area contributed by atoms with Crippen LogP contribution in [0.3, 0.4) is 0 Å². The van der Waals surface area contributed by atoms with Gasteiger partial charge in [-0.25, -0.2) is 9.18 Å². The molecule has 1 N–H and O–H groups in total. The first-order chi connectivity index (χ1) is 9.72. The van der Waals surface area contributed by atoms with Gasteiger partial charge in [0.05, 0.1) is 6.61 Å². The molecule has 3 rings (SSSR count). The molecule has 2 aromatic rings. The Morgan fingerprint density at radius 2 is 2.05 bits per heavy atom. The number of halogens is 1. The minimum absolute atomic E-state index is 0.270. The number of carbonyl (C=O) groups excluding carboxylic acids is 1. The van der Waals surface area contributed by atoms with Crippen molar-refractivity contribution in [3.63, 3.8) is 0 Å². The zero-order chi connectivity index (χ0) is 13.9. The summed E-state index contributed by atoms with van der Waals surface area (Å²) >= 11 is 0. The van der Waals surface area contributed by atoms with E-state index in [1.165, 1.54) is 6.07 Å². The van der Waals surface area contributed by atoms with Crippen molar-refractivity contribution in [1.82, 2.24) is 0 Å². The Balaban J connectivity index is 1.72. The third kappa shape index (κ3) is 2.56. The maximum absolute atomic E-state index is 13.7. The molecule has 0 saturated heterocycles. The van der Waals surface area contributed by atoms with Crippen molar-refractivity contribution >= 4 is 11.8 Å². The van der Waals surface area contributed by atoms with E-state index in [4.69, 9.17) is 9.47 Å². The van der Waals surface area contributed by atoms with Gasteiger partial charge in [-0.15, -0.1) is 0 Å². The molecule has 0 unspecified atom stereocenters. The monoisotopic (exact) mass is 273 g/mol. The molecular formula is C15H12FNO3. The van der Waals surface area contributed by atoms with Crippen molar-refractivity contribution in [3.05, 3.63) is 53.8 Å². The number of fused-ring (bicyclic) bond motifs is 1. The van der Waals surface area contributed by atoms with Crippen LogP contribution < -0.4 is 14.8 Å². The lowest BCUT2D eigenvalue weighted by Crippen LogP contribution is -2.16. The molecule has 5 heteroatoms. The zero-order valence-electron chi connectivity index (χ0n) is 10.6. The normalized spacial score (nSPS) is 12.4. The number of rotatable bonds is 2. The number of para-hydroxylation sites is 1. The maximum Gasteiger partial charge on any atom is 0.417 e. The third-order valence-electron chi connectivity index (χ3n) is 2.94. The molecule has 0 spiro atoms. The number of nitrogens with one attached hydrogen (secondary N) is 1. The Kier molecular flexibility index (Phi) is 3.25. The van der Waals surface area contributed by atoms with E-state index in [9.17, 15) is 9.18 Å². The highest BCUT2D eigenvalue weighted by Gasteiger charge is 2.18. The van der Waals surface area contributed by atoms with Crippen LogP contribution >= 0.6 is 0 Å². The summed E-state index contributed by atoms with van der Waals surface area (Å²) in [6.07, 6.45) is -0.0235. The lowest BCUT2D eigenvalue weighted by Gasteiger charge is -2.08. The standard InChI is InChI=1S/C15H12FNO3/c16-13-9-11(8-10-6-7-19-14(10)13)17-15(18)20-12-4-2-1-3-5-12/h1-5,8-9H,6-7H2,(H,17,18). The Hall–Kier alpha value is -2.56. The lowest BCUT2D eigenvalue weighted by atomic mass is 10.1. The molecule has 102 valence electrons. The van der Waals surface area contributed by atoms with E-state index < -0.39 is 11.9 Å². The molecule has 0 bridgehead atoms. The summed E-state index contributed by atoms with van der Waals surface area (Å²) in [5, 5.41) is 2.50. The third-order valence-corrected chi connectivity index (χ3v) is 2.94. The van der Waals surface area contributed by atoms with Crippen molar-refractivity contribution in [3.8, 4) is 11.5 Å². The van der Waals surface area contributed by atoms with E-state index in [1.54, 1.807) is 30.3 Å². The first kappa shape index (κ1) is 12.5. The summed E-state index contributed by atoms with van der Waals surface area (Å²) in [5.74, 6) is 0.219. The topological polar surface area (TPSA) is 47.6 Å². The summed E-state index contributed by atoms with van der Waals surface area (Å²) in [4.78, 5) is 11.7. The van der Waals surface area contributed by atoms with Crippen LogP contribution in [0.2, 0.25) is 0 Å². The maximum atomic E-state index is 13.7. The molecule has 2 aromatic carbocycles. The predicted octanol–water partition coefficient (Wildman–Crippen LogP) is 3.37. The Labute approximate surface area is 115 Å². The minimum Gasteiger partial charge on any atom is -0.490 e. The van der Waals surface area contributed by atoms with E-state index in [-0.39, 0.29) is 5.75 Å². The average molecular weight is 273 g/mol. The van der Waals surface area contributed by atoms with Gasteiger partial charge in [0.25, 0.3) is 0 Å². The van der Waals surface area contributed by atoms with Gasteiger partial charge in [-0.2, -0.15) is 0 Å². The first-order valence-corrected chi connectivity index (χ1v) is 6.21. The van der Waals surface area contributed by atoms with Crippen LogP contribution in [0.5, 0.6) is 11.5 Å². The second kappa shape index (κ2) is 5.21. The fourth-order valence-electron chi connectivity index (χ4n) is 2.07. The Morgan fingerprint density at radius 1 is 1.25 bits per heavy atom. The summed E-state index contributed by atoms with van der Waals surface area (Å²) < 4.78 is 24.0. The van der Waals surface area contributed by atoms with Crippen LogP contribution in [0.1, 0.15) is 5.56 Å². The molecule has 0 radical (unpaired) electrons. The van der Waals surface area contributed by atoms with Crippen molar-refractivity contribution in [2.75, 3.05) is 11.9 Å². The van der Waals surface area contributed by atoms with Gasteiger partial charge < -0.3 is 9.47 Å². The van der Waals surface area contributed by atoms with E-state index in [0.29, 0.717) is 24.5 Å². The molecule has 0 aromatic heterocycles. The van der Waals surface area contributed by atoms with Gasteiger partial charge in [0.15, 0.2) is 11.6 Å². The van der Waals surface area contributed by atoms with E-state index >= 15 is 0 Å². The van der Waals surface area contributed by atoms with Crippen LogP contribution in [0.4, 0.5) is 14.9 Å². The molecule has 1 aliphatic rings. The number of hydrogen-bond acceptors (Lipinski definition) is 3. The van der Waals surface area contributed by atoms with Crippen molar-refractivity contribution in [1.29, 1.82) is 0 Å². The molecule has 0 aliphatic carbocycles. The van der Waals surface area contributed by atoms with Gasteiger partial charge in [-0.1, -0.05) is 18.2 Å². The Bertz CT molecular complexity index is 643. The molecule has 1 aliphatic heterocycles. The molecule has 1 amide bonds. The number of amides is 1. The van der Waals surface area contributed by atoms with Crippen LogP contribution in [0.25, 0.3) is 0 Å². The average Bonchev–Trinajstić information content (AvgIpc) is 2.88. The van der Waals surface area contributed by atoms with Crippen LogP contribution in [-0.4, -0.2) is 12.7 Å². The molecule has 4 nitrogen and oxygen atoms in total. The summed E-state index contributed by atoms with van der Waals surface area (Å²) in [6.45, 7) is 0.462. The number of benzene rings is 2. The smallest absolute Gasteiger partial charge is 0.417 e. The molecule has 20 heavy (non-hydrogen) atoms. The zero-order valence-corrected chi connectivity index (χ0v) is 10.6. The summed E-state index contributed by atoms with van der Waals surface area (Å²) in [6, 6.07) is 11.6. The minimum atomic E-state index is -0.658.